The first-order valence-corrected chi connectivity index (χ1v) is 22.1. The minimum atomic E-state index is -0.511. The maximum Gasteiger partial charge on any atom is 0.341 e. The fraction of sp³-hybridized carbons (Fsp3) is 0.646. The van der Waals surface area contributed by atoms with Crippen molar-refractivity contribution in [3.8, 4) is 5.75 Å². The topological polar surface area (TPSA) is 152 Å². The summed E-state index contributed by atoms with van der Waals surface area (Å²) in [5.41, 5.74) is 8.00. The van der Waals surface area contributed by atoms with Crippen molar-refractivity contribution in [3.63, 3.8) is 0 Å². The van der Waals surface area contributed by atoms with Gasteiger partial charge in [-0.15, -0.1) is 0 Å². The fourth-order valence-corrected chi connectivity index (χ4v) is 13.7. The maximum absolute atomic E-state index is 14.4. The number of carbonyl (C=O) groups excluding carboxylic acids is 3. The molecular formula is C48H68N4O6. The summed E-state index contributed by atoms with van der Waals surface area (Å²) in [7, 11) is 1.33. The summed E-state index contributed by atoms with van der Waals surface area (Å²) in [5, 5.41) is 20.4. The van der Waals surface area contributed by atoms with Gasteiger partial charge in [-0.25, -0.2) is 4.79 Å². The van der Waals surface area contributed by atoms with Crippen molar-refractivity contribution >= 4 is 17.8 Å². The van der Waals surface area contributed by atoms with Gasteiger partial charge in [0, 0.05) is 37.6 Å². The van der Waals surface area contributed by atoms with Gasteiger partial charge in [-0.2, -0.15) is 0 Å². The molecule has 2 aromatic rings. The summed E-state index contributed by atoms with van der Waals surface area (Å²) in [6.07, 6.45) is 15.9. The third-order valence-corrected chi connectivity index (χ3v) is 16.4. The zero-order valence-electron chi connectivity index (χ0n) is 35.5. The van der Waals surface area contributed by atoms with Crippen LogP contribution in [0.5, 0.6) is 5.75 Å². The van der Waals surface area contributed by atoms with Gasteiger partial charge in [-0.1, -0.05) is 52.3 Å². The second kappa shape index (κ2) is 16.9. The molecule has 5 aliphatic carbocycles. The summed E-state index contributed by atoms with van der Waals surface area (Å²) in [6, 6.07) is 12.7. The smallest absolute Gasteiger partial charge is 0.341 e. The maximum atomic E-state index is 14.4. The minimum absolute atomic E-state index is 0.0399. The molecule has 0 spiro atoms. The molecule has 9 atom stereocenters. The molecule has 316 valence electrons. The van der Waals surface area contributed by atoms with Crippen molar-refractivity contribution in [3.05, 3.63) is 77.1 Å². The predicted molar refractivity (Wildman–Crippen MR) is 225 cm³/mol. The van der Waals surface area contributed by atoms with Crippen molar-refractivity contribution in [2.24, 2.45) is 57.0 Å². The predicted octanol–water partition coefficient (Wildman–Crippen LogP) is 7.63. The molecule has 9 unspecified atom stereocenters. The van der Waals surface area contributed by atoms with Crippen molar-refractivity contribution in [1.82, 2.24) is 16.0 Å². The van der Waals surface area contributed by atoms with E-state index < -0.39 is 5.97 Å². The molecule has 0 bridgehead atoms. The Balaban J connectivity index is 0.958. The van der Waals surface area contributed by atoms with Gasteiger partial charge in [0.15, 0.2) is 0 Å². The molecule has 0 radical (unpaired) electrons. The lowest BCUT2D eigenvalue weighted by molar-refractivity contribution is -0.214. The Morgan fingerprint density at radius 1 is 0.845 bits per heavy atom. The van der Waals surface area contributed by atoms with E-state index in [1.165, 1.54) is 39.0 Å². The van der Waals surface area contributed by atoms with E-state index in [-0.39, 0.29) is 40.7 Å². The Bertz CT molecular complexity index is 1860. The fourth-order valence-electron chi connectivity index (χ4n) is 13.7. The van der Waals surface area contributed by atoms with Crippen LogP contribution >= 0.6 is 0 Å². The van der Waals surface area contributed by atoms with Gasteiger partial charge in [-0.05, 0) is 152 Å². The summed E-state index contributed by atoms with van der Waals surface area (Å²) >= 11 is 0. The van der Waals surface area contributed by atoms with Crippen LogP contribution < -0.4 is 26.4 Å². The number of fused-ring (bicyclic) bond motifs is 7. The number of aliphatic hydroxyl groups is 1. The highest BCUT2D eigenvalue weighted by molar-refractivity contribution is 5.95. The number of amides is 2. The number of hydrogen-bond acceptors (Lipinski definition) is 8. The normalized spacial score (nSPS) is 33.5. The summed E-state index contributed by atoms with van der Waals surface area (Å²) in [4.78, 5) is 40.3. The van der Waals surface area contributed by atoms with Crippen LogP contribution in [0.4, 0.5) is 0 Å². The molecule has 5 aliphatic rings. The lowest BCUT2D eigenvalue weighted by Crippen LogP contribution is -2.63. The van der Waals surface area contributed by atoms with E-state index in [9.17, 15) is 19.5 Å². The Labute approximate surface area is 345 Å². The molecule has 5 saturated carbocycles. The van der Waals surface area contributed by atoms with E-state index in [1.54, 1.807) is 24.4 Å². The van der Waals surface area contributed by atoms with Crippen LogP contribution in [0.1, 0.15) is 137 Å². The number of benzene rings is 2. The summed E-state index contributed by atoms with van der Waals surface area (Å²) in [6.45, 7) is 11.5. The average molecular weight is 797 g/mol. The number of nitrogens with one attached hydrogen (secondary N) is 3. The Kier molecular flexibility index (Phi) is 12.3. The van der Waals surface area contributed by atoms with Crippen molar-refractivity contribution in [2.45, 2.75) is 124 Å². The van der Waals surface area contributed by atoms with Crippen molar-refractivity contribution < 1.29 is 29.0 Å². The largest absolute Gasteiger partial charge is 0.493 e. The van der Waals surface area contributed by atoms with Gasteiger partial charge in [0.1, 0.15) is 11.3 Å². The first-order chi connectivity index (χ1) is 27.8. The standard InChI is InChI=1S/C48H68N4O6/c1-45(2)39-17-20-46(3)36-16-22-48(19-7-11-37(48)34(36)13-15-40(46)47(39,4)21-18-41(45)53)44(56)52-30-31-9-6-10-33(27-31)42(54)51-29-32-12-14-38(35(28-32)43(55)57-5)58-26-8-24-50-25-23-49/h6,9-10,12,14,23,25,27-28,34,36-37,39-41,50,53H,7-8,11,13,15-22,24,26,29-30,49H2,1-5H3,(H,51,54)(H,52,56)/b25-23-. The summed E-state index contributed by atoms with van der Waals surface area (Å²) < 4.78 is 10.9. The second-order valence-corrected chi connectivity index (χ2v) is 19.5. The molecule has 58 heavy (non-hydrogen) atoms. The lowest BCUT2D eigenvalue weighted by atomic mass is 9.36. The number of carbonyl (C=O) groups is 3. The Hall–Kier alpha value is -4.05. The van der Waals surface area contributed by atoms with E-state index in [2.05, 4.69) is 43.6 Å². The molecular weight excluding hydrogens is 729 g/mol. The van der Waals surface area contributed by atoms with Crippen LogP contribution in [-0.4, -0.2) is 49.3 Å². The highest BCUT2D eigenvalue weighted by Crippen LogP contribution is 2.73. The minimum Gasteiger partial charge on any atom is -0.493 e. The van der Waals surface area contributed by atoms with Crippen LogP contribution in [0.15, 0.2) is 54.9 Å². The molecule has 10 heteroatoms. The molecule has 2 amide bonds. The zero-order valence-corrected chi connectivity index (χ0v) is 35.5. The molecule has 0 saturated heterocycles. The SMILES string of the molecule is COC(=O)c1cc(CNC(=O)c2cccc(CNC(=O)C34CCCC3C3CCC5C(C)(CCC6C(C)(C)C(O)CCC65C)C3CC4)c2)ccc1OCCCN/C=C\N. The van der Waals surface area contributed by atoms with E-state index in [4.69, 9.17) is 15.2 Å². The zero-order chi connectivity index (χ0) is 41.3. The van der Waals surface area contributed by atoms with Crippen molar-refractivity contribution in [2.75, 3.05) is 20.3 Å². The Morgan fingerprint density at radius 2 is 1.62 bits per heavy atom. The van der Waals surface area contributed by atoms with Crippen LogP contribution in [0.2, 0.25) is 0 Å². The van der Waals surface area contributed by atoms with Gasteiger partial charge >= 0.3 is 5.97 Å². The Morgan fingerprint density at radius 3 is 2.41 bits per heavy atom. The quantitative estimate of drug-likeness (QED) is 0.103. The monoisotopic (exact) mass is 797 g/mol. The molecule has 5 fully saturated rings. The van der Waals surface area contributed by atoms with E-state index in [0.29, 0.717) is 78.0 Å². The molecule has 6 N–H and O–H groups in total. The highest BCUT2D eigenvalue weighted by Gasteiger charge is 2.67. The van der Waals surface area contributed by atoms with Gasteiger partial charge in [0.2, 0.25) is 5.91 Å². The molecule has 0 heterocycles. The first kappa shape index (κ1) is 42.1. The van der Waals surface area contributed by atoms with Gasteiger partial charge in [-0.3, -0.25) is 9.59 Å². The number of aliphatic hydroxyl groups excluding tert-OH is 1. The molecule has 10 nitrogen and oxygen atoms in total. The third kappa shape index (κ3) is 7.63. The van der Waals surface area contributed by atoms with Crippen LogP contribution in [0.3, 0.4) is 0 Å². The number of methoxy groups -OCH3 is 1. The molecule has 2 aromatic carbocycles. The third-order valence-electron chi connectivity index (χ3n) is 16.4. The van der Waals surface area contributed by atoms with Crippen LogP contribution in [0.25, 0.3) is 0 Å². The second-order valence-electron chi connectivity index (χ2n) is 19.5. The molecule has 0 aromatic heterocycles. The van der Waals surface area contributed by atoms with Crippen LogP contribution in [-0.2, 0) is 22.6 Å². The highest BCUT2D eigenvalue weighted by atomic mass is 16.5. The van der Waals surface area contributed by atoms with E-state index in [0.717, 1.165) is 56.1 Å². The number of rotatable bonds is 13. The molecule has 0 aliphatic heterocycles. The average Bonchev–Trinajstić information content (AvgIpc) is 3.68. The first-order valence-electron chi connectivity index (χ1n) is 22.1. The van der Waals surface area contributed by atoms with Gasteiger partial charge < -0.3 is 36.3 Å². The molecule has 7 rings (SSSR count). The number of nitrogens with two attached hydrogens (primary N) is 1. The number of esters is 1. The van der Waals surface area contributed by atoms with Gasteiger partial charge in [0.25, 0.3) is 5.91 Å². The van der Waals surface area contributed by atoms with E-state index >= 15 is 0 Å². The van der Waals surface area contributed by atoms with Crippen molar-refractivity contribution in [1.29, 1.82) is 0 Å². The van der Waals surface area contributed by atoms with Gasteiger partial charge in [0.05, 0.1) is 25.2 Å². The summed E-state index contributed by atoms with van der Waals surface area (Å²) in [5.74, 6) is 2.80. The number of hydrogen-bond donors (Lipinski definition) is 5. The lowest BCUT2D eigenvalue weighted by Gasteiger charge is -2.69. The van der Waals surface area contributed by atoms with Crippen LogP contribution in [0, 0.1) is 51.2 Å². The number of ether oxygens (including phenoxy) is 2. The van der Waals surface area contributed by atoms with E-state index in [1.807, 2.05) is 24.3 Å².